The van der Waals surface area contributed by atoms with Crippen molar-refractivity contribution >= 4 is 11.5 Å². The predicted octanol–water partition coefficient (Wildman–Crippen LogP) is 1.55. The van der Waals surface area contributed by atoms with Crippen LogP contribution in [0.15, 0.2) is 18.5 Å². The molecule has 0 aliphatic rings. The molecule has 1 aromatic heterocycles. The molecule has 0 aliphatic carbocycles. The van der Waals surface area contributed by atoms with Gasteiger partial charge in [-0.2, -0.15) is 0 Å². The van der Waals surface area contributed by atoms with E-state index in [1.807, 2.05) is 0 Å². The molecule has 4 heteroatoms. The summed E-state index contributed by atoms with van der Waals surface area (Å²) < 4.78 is 0. The van der Waals surface area contributed by atoms with Crippen molar-refractivity contribution < 1.29 is 4.79 Å². The van der Waals surface area contributed by atoms with Crippen molar-refractivity contribution in [3.05, 3.63) is 24.0 Å². The number of nitrogens with one attached hydrogen (secondary N) is 1. The third-order valence-corrected chi connectivity index (χ3v) is 2.51. The Kier molecular flexibility index (Phi) is 5.63. The number of hydrogen-bond donors (Lipinski definition) is 2. The number of hydrogen-bond acceptors (Lipinski definition) is 4. The van der Waals surface area contributed by atoms with Crippen LogP contribution in [0.4, 0.5) is 5.69 Å². The molecule has 0 amide bonds. The summed E-state index contributed by atoms with van der Waals surface area (Å²) in [5, 5.41) is 3.29. The molecule has 0 fully saturated rings. The molecule has 17 heavy (non-hydrogen) atoms. The number of ketones is 1. The SMILES string of the molecule is CC(C)NCCCC(=O)Cc1cnccc1N. The lowest BCUT2D eigenvalue weighted by Crippen LogP contribution is -2.24. The normalized spacial score (nSPS) is 10.8. The van der Waals surface area contributed by atoms with Crippen LogP contribution in [0, 0.1) is 0 Å². The molecule has 1 aromatic rings. The minimum Gasteiger partial charge on any atom is -0.398 e. The summed E-state index contributed by atoms with van der Waals surface area (Å²) >= 11 is 0. The highest BCUT2D eigenvalue weighted by molar-refractivity contribution is 5.82. The van der Waals surface area contributed by atoms with E-state index >= 15 is 0 Å². The fourth-order valence-corrected chi connectivity index (χ4v) is 1.56. The Labute approximate surface area is 103 Å². The highest BCUT2D eigenvalue weighted by atomic mass is 16.1. The number of nitrogen functional groups attached to an aromatic ring is 1. The molecular formula is C13H21N3O. The van der Waals surface area contributed by atoms with Gasteiger partial charge >= 0.3 is 0 Å². The van der Waals surface area contributed by atoms with E-state index in [1.54, 1.807) is 18.5 Å². The maximum atomic E-state index is 11.7. The summed E-state index contributed by atoms with van der Waals surface area (Å²) in [7, 11) is 0. The van der Waals surface area contributed by atoms with E-state index in [0.29, 0.717) is 24.6 Å². The number of pyridine rings is 1. The molecule has 0 saturated heterocycles. The van der Waals surface area contributed by atoms with Crippen molar-refractivity contribution in [1.29, 1.82) is 0 Å². The van der Waals surface area contributed by atoms with Gasteiger partial charge in [0.05, 0.1) is 0 Å². The topological polar surface area (TPSA) is 68.0 Å². The minimum absolute atomic E-state index is 0.218. The Balaban J connectivity index is 2.28. The first kappa shape index (κ1) is 13.6. The van der Waals surface area contributed by atoms with Gasteiger partial charge < -0.3 is 11.1 Å². The van der Waals surface area contributed by atoms with Crippen molar-refractivity contribution in [1.82, 2.24) is 10.3 Å². The van der Waals surface area contributed by atoms with Gasteiger partial charge in [0.25, 0.3) is 0 Å². The van der Waals surface area contributed by atoms with Gasteiger partial charge in [-0.25, -0.2) is 0 Å². The molecule has 94 valence electrons. The van der Waals surface area contributed by atoms with Crippen LogP contribution in [-0.2, 0) is 11.2 Å². The summed E-state index contributed by atoms with van der Waals surface area (Å²) in [4.78, 5) is 15.7. The maximum absolute atomic E-state index is 11.7. The Morgan fingerprint density at radius 1 is 1.53 bits per heavy atom. The van der Waals surface area contributed by atoms with Gasteiger partial charge in [-0.15, -0.1) is 0 Å². The molecule has 0 aliphatic heterocycles. The summed E-state index contributed by atoms with van der Waals surface area (Å²) in [6.07, 6.45) is 5.15. The van der Waals surface area contributed by atoms with E-state index in [0.717, 1.165) is 18.5 Å². The van der Waals surface area contributed by atoms with Crippen LogP contribution in [0.1, 0.15) is 32.3 Å². The molecule has 1 heterocycles. The number of anilines is 1. The van der Waals surface area contributed by atoms with Crippen LogP contribution in [-0.4, -0.2) is 23.4 Å². The zero-order valence-corrected chi connectivity index (χ0v) is 10.6. The number of Topliss-reactive ketones (excluding diaryl/α,β-unsaturated/α-hetero) is 1. The third kappa shape index (κ3) is 5.45. The van der Waals surface area contributed by atoms with Gasteiger partial charge in [0.2, 0.25) is 0 Å². The van der Waals surface area contributed by atoms with E-state index in [4.69, 9.17) is 5.73 Å². The third-order valence-electron chi connectivity index (χ3n) is 2.51. The van der Waals surface area contributed by atoms with Gasteiger partial charge in [-0.05, 0) is 19.0 Å². The van der Waals surface area contributed by atoms with Crippen LogP contribution in [0.25, 0.3) is 0 Å². The smallest absolute Gasteiger partial charge is 0.137 e. The van der Waals surface area contributed by atoms with Crippen LogP contribution in [0.5, 0.6) is 0 Å². The van der Waals surface area contributed by atoms with Crippen molar-refractivity contribution in [3.8, 4) is 0 Å². The second-order valence-electron chi connectivity index (χ2n) is 4.50. The van der Waals surface area contributed by atoms with Gasteiger partial charge in [0.1, 0.15) is 5.78 Å². The molecule has 0 spiro atoms. The largest absolute Gasteiger partial charge is 0.398 e. The molecule has 0 radical (unpaired) electrons. The first-order valence-electron chi connectivity index (χ1n) is 6.03. The second-order valence-corrected chi connectivity index (χ2v) is 4.50. The Bertz CT molecular complexity index is 363. The average Bonchev–Trinajstić information content (AvgIpc) is 2.27. The highest BCUT2D eigenvalue weighted by Gasteiger charge is 2.06. The number of carbonyl (C=O) groups excluding carboxylic acids is 1. The minimum atomic E-state index is 0.218. The molecule has 0 saturated carbocycles. The van der Waals surface area contributed by atoms with Crippen molar-refractivity contribution in [2.75, 3.05) is 12.3 Å². The summed E-state index contributed by atoms with van der Waals surface area (Å²) in [5.41, 5.74) is 7.23. The van der Waals surface area contributed by atoms with Crippen LogP contribution in [0.3, 0.4) is 0 Å². The number of carbonyl (C=O) groups is 1. The molecule has 4 nitrogen and oxygen atoms in total. The van der Waals surface area contributed by atoms with E-state index < -0.39 is 0 Å². The van der Waals surface area contributed by atoms with Crippen LogP contribution >= 0.6 is 0 Å². The zero-order valence-electron chi connectivity index (χ0n) is 10.6. The molecule has 3 N–H and O–H groups in total. The van der Waals surface area contributed by atoms with E-state index in [-0.39, 0.29) is 5.78 Å². The fourth-order valence-electron chi connectivity index (χ4n) is 1.56. The molecule has 0 aromatic carbocycles. The van der Waals surface area contributed by atoms with Gasteiger partial charge in [0, 0.05) is 42.5 Å². The first-order chi connectivity index (χ1) is 8.09. The summed E-state index contributed by atoms with van der Waals surface area (Å²) in [5.74, 6) is 0.218. The van der Waals surface area contributed by atoms with Gasteiger partial charge in [-0.3, -0.25) is 9.78 Å². The quantitative estimate of drug-likeness (QED) is 0.704. The highest BCUT2D eigenvalue weighted by Crippen LogP contribution is 2.10. The van der Waals surface area contributed by atoms with E-state index in [2.05, 4.69) is 24.1 Å². The molecule has 0 bridgehead atoms. The number of nitrogens with two attached hydrogens (primary N) is 1. The lowest BCUT2D eigenvalue weighted by molar-refractivity contribution is -0.118. The van der Waals surface area contributed by atoms with E-state index in [1.165, 1.54) is 0 Å². The molecule has 1 rings (SSSR count). The lowest BCUT2D eigenvalue weighted by Gasteiger charge is -2.07. The zero-order chi connectivity index (χ0) is 12.7. The van der Waals surface area contributed by atoms with Crippen LogP contribution in [0.2, 0.25) is 0 Å². The Morgan fingerprint density at radius 2 is 2.29 bits per heavy atom. The van der Waals surface area contributed by atoms with Crippen LogP contribution < -0.4 is 11.1 Å². The summed E-state index contributed by atoms with van der Waals surface area (Å²) in [6.45, 7) is 5.07. The monoisotopic (exact) mass is 235 g/mol. The fraction of sp³-hybridized carbons (Fsp3) is 0.538. The summed E-state index contributed by atoms with van der Waals surface area (Å²) in [6, 6.07) is 2.20. The second kappa shape index (κ2) is 7.01. The Hall–Kier alpha value is -1.42. The number of nitrogens with zero attached hydrogens (tertiary/aromatic N) is 1. The maximum Gasteiger partial charge on any atom is 0.137 e. The van der Waals surface area contributed by atoms with Crippen molar-refractivity contribution in [2.24, 2.45) is 0 Å². The molecule has 0 atom stereocenters. The number of rotatable bonds is 7. The molecule has 0 unspecified atom stereocenters. The van der Waals surface area contributed by atoms with Gasteiger partial charge in [-0.1, -0.05) is 13.8 Å². The van der Waals surface area contributed by atoms with Gasteiger partial charge in [0.15, 0.2) is 0 Å². The van der Waals surface area contributed by atoms with Crippen molar-refractivity contribution in [2.45, 2.75) is 39.2 Å². The first-order valence-corrected chi connectivity index (χ1v) is 6.03. The van der Waals surface area contributed by atoms with E-state index in [9.17, 15) is 4.79 Å². The molecular weight excluding hydrogens is 214 g/mol. The average molecular weight is 235 g/mol. The Morgan fingerprint density at radius 3 is 2.94 bits per heavy atom. The standard InChI is InChI=1S/C13H21N3O/c1-10(2)16-6-3-4-12(17)8-11-9-15-7-5-13(11)14/h5,7,9-10,16H,3-4,6,8H2,1-2H3,(H2,14,15). The lowest BCUT2D eigenvalue weighted by atomic mass is 10.1. The predicted molar refractivity (Wildman–Crippen MR) is 69.7 cm³/mol. The number of aromatic nitrogens is 1. The van der Waals surface area contributed by atoms with Crippen molar-refractivity contribution in [3.63, 3.8) is 0 Å².